The van der Waals surface area contributed by atoms with Crippen LogP contribution in [0.15, 0.2) is 59.9 Å². The van der Waals surface area contributed by atoms with Crippen LogP contribution in [0.1, 0.15) is 30.0 Å². The summed E-state index contributed by atoms with van der Waals surface area (Å²) in [5, 5.41) is 3.35. The van der Waals surface area contributed by atoms with Gasteiger partial charge in [0.25, 0.3) is 0 Å². The quantitative estimate of drug-likeness (QED) is 0.650. The molecule has 0 saturated carbocycles. The third-order valence-corrected chi connectivity index (χ3v) is 5.86. The number of nitrogens with two attached hydrogens (primary N) is 1. The van der Waals surface area contributed by atoms with Crippen LogP contribution in [-0.4, -0.2) is 43.4 Å². The van der Waals surface area contributed by atoms with Gasteiger partial charge < -0.3 is 20.5 Å². The Labute approximate surface area is 182 Å². The topological polar surface area (TPSA) is 98.8 Å². The van der Waals surface area contributed by atoms with Crippen LogP contribution in [0.25, 0.3) is 0 Å². The maximum absolute atomic E-state index is 12.2. The van der Waals surface area contributed by atoms with Crippen LogP contribution in [0.2, 0.25) is 0 Å². The van der Waals surface area contributed by atoms with Gasteiger partial charge in [0.15, 0.2) is 11.5 Å². The van der Waals surface area contributed by atoms with Crippen molar-refractivity contribution in [3.05, 3.63) is 66.0 Å². The van der Waals surface area contributed by atoms with Gasteiger partial charge in [0.1, 0.15) is 19.3 Å². The molecule has 3 N–H and O–H groups in total. The third-order valence-electron chi connectivity index (χ3n) is 5.86. The van der Waals surface area contributed by atoms with Crippen LogP contribution in [0, 0.1) is 5.41 Å². The van der Waals surface area contributed by atoms with Gasteiger partial charge in [-0.3, -0.25) is 14.8 Å². The number of aliphatic imine (C=N–C) groups is 1. The smallest absolute Gasteiger partial charge is 0.239 e. The second-order valence-corrected chi connectivity index (χ2v) is 8.01. The summed E-state index contributed by atoms with van der Waals surface area (Å²) < 4.78 is 11.2. The summed E-state index contributed by atoms with van der Waals surface area (Å²) in [7, 11) is 0. The zero-order chi connectivity index (χ0) is 21.5. The minimum Gasteiger partial charge on any atom is -0.486 e. The summed E-state index contributed by atoms with van der Waals surface area (Å²) in [6.07, 6.45) is 12.5. The number of aromatic nitrogens is 1. The fraction of sp³-hybridized carbons (Fsp3) is 0.375. The molecule has 0 saturated heterocycles. The van der Waals surface area contributed by atoms with E-state index in [1.165, 1.54) is 5.56 Å². The van der Waals surface area contributed by atoms with Crippen molar-refractivity contribution in [2.75, 3.05) is 26.3 Å². The second-order valence-electron chi connectivity index (χ2n) is 8.01. The molecule has 1 aromatic heterocycles. The Morgan fingerprint density at radius 2 is 1.94 bits per heavy atom. The summed E-state index contributed by atoms with van der Waals surface area (Å²) in [5.41, 5.74) is 7.70. The van der Waals surface area contributed by atoms with Gasteiger partial charge in [0.05, 0.1) is 0 Å². The lowest BCUT2D eigenvalue weighted by Crippen LogP contribution is -2.37. The fourth-order valence-electron chi connectivity index (χ4n) is 4.08. The van der Waals surface area contributed by atoms with Crippen molar-refractivity contribution in [3.8, 4) is 11.5 Å². The Kier molecular flexibility index (Phi) is 6.62. The number of nitrogens with zero attached hydrogens (tertiary/aromatic N) is 2. The van der Waals surface area contributed by atoms with Gasteiger partial charge in [-0.05, 0) is 67.3 Å². The molecule has 0 bridgehead atoms. The van der Waals surface area contributed by atoms with E-state index in [2.05, 4.69) is 21.4 Å². The van der Waals surface area contributed by atoms with E-state index in [9.17, 15) is 4.79 Å². The molecule has 4 rings (SSSR count). The molecule has 2 aromatic rings. The molecule has 0 aliphatic carbocycles. The number of dihydropyridines is 1. The lowest BCUT2D eigenvalue weighted by Gasteiger charge is -2.32. The number of carbonyl (C=O) groups is 1. The van der Waals surface area contributed by atoms with E-state index in [1.54, 1.807) is 0 Å². The van der Waals surface area contributed by atoms with Gasteiger partial charge >= 0.3 is 0 Å². The average molecular weight is 421 g/mol. The summed E-state index contributed by atoms with van der Waals surface area (Å²) in [5.74, 6) is 0.924. The largest absolute Gasteiger partial charge is 0.486 e. The van der Waals surface area contributed by atoms with Crippen molar-refractivity contribution in [1.82, 2.24) is 10.3 Å². The zero-order valence-electron chi connectivity index (χ0n) is 17.5. The van der Waals surface area contributed by atoms with E-state index < -0.39 is 11.9 Å². The summed E-state index contributed by atoms with van der Waals surface area (Å²) in [6.45, 7) is 2.40. The second kappa shape index (κ2) is 9.75. The normalized spacial score (nSPS) is 20.4. The van der Waals surface area contributed by atoms with Crippen molar-refractivity contribution in [2.24, 2.45) is 16.1 Å². The number of hydrogen-bond donors (Lipinski definition) is 2. The third kappa shape index (κ3) is 5.30. The predicted molar refractivity (Wildman–Crippen MR) is 119 cm³/mol. The number of pyridine rings is 1. The van der Waals surface area contributed by atoms with Crippen LogP contribution in [0.4, 0.5) is 0 Å². The fourth-order valence-corrected chi connectivity index (χ4v) is 4.08. The van der Waals surface area contributed by atoms with Crippen LogP contribution in [0.5, 0.6) is 11.5 Å². The number of amides is 1. The predicted octanol–water partition coefficient (Wildman–Crippen LogP) is 2.62. The maximum atomic E-state index is 12.2. The number of fused-ring (bicyclic) bond motifs is 1. The molecule has 1 amide bonds. The first-order chi connectivity index (χ1) is 15.2. The van der Waals surface area contributed by atoms with E-state index in [1.807, 2.05) is 55.0 Å². The van der Waals surface area contributed by atoms with Crippen LogP contribution >= 0.6 is 0 Å². The first kappa shape index (κ1) is 21.1. The number of hydrogen-bond acceptors (Lipinski definition) is 6. The molecule has 2 aliphatic rings. The van der Waals surface area contributed by atoms with Crippen LogP contribution < -0.4 is 20.5 Å². The highest BCUT2D eigenvalue weighted by molar-refractivity contribution is 5.81. The summed E-state index contributed by atoms with van der Waals surface area (Å²) >= 11 is 0. The number of ether oxygens (including phenoxy) is 2. The number of carbonyl (C=O) groups excluding carboxylic acids is 1. The maximum Gasteiger partial charge on any atom is 0.239 e. The summed E-state index contributed by atoms with van der Waals surface area (Å²) in [4.78, 5) is 20.8. The highest BCUT2D eigenvalue weighted by Gasteiger charge is 2.29. The molecule has 0 radical (unpaired) electrons. The first-order valence-corrected chi connectivity index (χ1v) is 10.6. The van der Waals surface area contributed by atoms with Crippen LogP contribution in [-0.2, 0) is 11.2 Å². The van der Waals surface area contributed by atoms with Gasteiger partial charge in [-0.25, -0.2) is 0 Å². The van der Waals surface area contributed by atoms with Gasteiger partial charge in [-0.2, -0.15) is 0 Å². The van der Waals surface area contributed by atoms with Gasteiger partial charge in [-0.15, -0.1) is 0 Å². The van der Waals surface area contributed by atoms with Gasteiger partial charge in [0, 0.05) is 30.6 Å². The van der Waals surface area contributed by atoms with E-state index in [-0.39, 0.29) is 5.41 Å². The Bertz CT molecular complexity index is 961. The SMILES string of the molecule is NC(=O)C(NCCC1(CCc2ccncc2)C=CC=NC1)c1ccc2c(c1)OCCO2. The molecule has 162 valence electrons. The monoisotopic (exact) mass is 420 g/mol. The average Bonchev–Trinajstić information content (AvgIpc) is 2.81. The van der Waals surface area contributed by atoms with E-state index in [0.717, 1.165) is 31.4 Å². The van der Waals surface area contributed by atoms with Gasteiger partial charge in [-0.1, -0.05) is 12.1 Å². The molecule has 2 atom stereocenters. The number of nitrogens with one attached hydrogen (secondary N) is 1. The van der Waals surface area contributed by atoms with Crippen molar-refractivity contribution >= 4 is 12.1 Å². The van der Waals surface area contributed by atoms with Crippen molar-refractivity contribution in [3.63, 3.8) is 0 Å². The Hall–Kier alpha value is -3.19. The molecule has 0 fully saturated rings. The molecular formula is C24H28N4O3. The number of allylic oxidation sites excluding steroid dienone is 1. The molecule has 0 spiro atoms. The molecular weight excluding hydrogens is 392 g/mol. The van der Waals surface area contributed by atoms with Crippen molar-refractivity contribution < 1.29 is 14.3 Å². The van der Waals surface area contributed by atoms with Crippen molar-refractivity contribution in [1.29, 1.82) is 0 Å². The molecule has 2 aliphatic heterocycles. The van der Waals surface area contributed by atoms with E-state index in [0.29, 0.717) is 31.3 Å². The molecule has 1 aromatic carbocycles. The molecule has 2 unspecified atom stereocenters. The number of rotatable bonds is 9. The Balaban J connectivity index is 1.41. The Morgan fingerprint density at radius 3 is 2.68 bits per heavy atom. The molecule has 3 heterocycles. The van der Waals surface area contributed by atoms with E-state index >= 15 is 0 Å². The molecule has 31 heavy (non-hydrogen) atoms. The standard InChI is InChI=1S/C24H28N4O3/c25-23(29)22(19-2-3-20-21(16-19)31-15-14-30-20)28-13-9-24(7-1-10-27-17-24)8-4-18-5-11-26-12-6-18/h1-3,5-7,10-12,16,22,28H,4,8-9,13-15,17H2,(H2,25,29). The minimum absolute atomic E-state index is 0.0555. The lowest BCUT2D eigenvalue weighted by atomic mass is 9.78. The van der Waals surface area contributed by atoms with E-state index in [4.69, 9.17) is 15.2 Å². The number of benzene rings is 1. The zero-order valence-corrected chi connectivity index (χ0v) is 17.5. The van der Waals surface area contributed by atoms with Crippen LogP contribution in [0.3, 0.4) is 0 Å². The highest BCUT2D eigenvalue weighted by atomic mass is 16.6. The number of primary amides is 1. The molecule has 7 heteroatoms. The van der Waals surface area contributed by atoms with Crippen molar-refractivity contribution in [2.45, 2.75) is 25.3 Å². The molecule has 7 nitrogen and oxygen atoms in total. The Morgan fingerprint density at radius 1 is 1.13 bits per heavy atom. The highest BCUT2D eigenvalue weighted by Crippen LogP contribution is 2.34. The lowest BCUT2D eigenvalue weighted by molar-refractivity contribution is -0.120. The van der Waals surface area contributed by atoms with Gasteiger partial charge in [0.2, 0.25) is 5.91 Å². The number of aryl methyl sites for hydroxylation is 1. The minimum atomic E-state index is -0.593. The first-order valence-electron chi connectivity index (χ1n) is 10.6. The summed E-state index contributed by atoms with van der Waals surface area (Å²) in [6, 6.07) is 9.03.